The van der Waals surface area contributed by atoms with E-state index in [-0.39, 0.29) is 6.54 Å². The van der Waals surface area contributed by atoms with E-state index in [1.807, 2.05) is 25.1 Å². The zero-order valence-electron chi connectivity index (χ0n) is 15.8. The number of hydrogen-bond donors (Lipinski definition) is 1. The van der Waals surface area contributed by atoms with Crippen molar-refractivity contribution in [2.75, 3.05) is 27.9 Å². The Bertz CT molecular complexity index is 852. The normalized spacial score (nSPS) is 11.3. The summed E-state index contributed by atoms with van der Waals surface area (Å²) in [7, 11) is 1.07. The molecule has 0 aliphatic heterocycles. The zero-order valence-corrected chi connectivity index (χ0v) is 16.6. The summed E-state index contributed by atoms with van der Waals surface area (Å²) in [5.41, 5.74) is 2.63. The van der Waals surface area contributed by atoms with Crippen LogP contribution in [0.25, 0.3) is 0 Å². The number of sulfonamides is 1. The molecule has 0 saturated heterocycles. The van der Waals surface area contributed by atoms with Gasteiger partial charge in [0.25, 0.3) is 0 Å². The van der Waals surface area contributed by atoms with Crippen molar-refractivity contribution in [3.05, 3.63) is 47.0 Å². The topological polar surface area (TPSA) is 73.9 Å². The van der Waals surface area contributed by atoms with Crippen molar-refractivity contribution >= 4 is 10.0 Å². The Labute approximate surface area is 155 Å². The van der Waals surface area contributed by atoms with Crippen LogP contribution in [0.1, 0.15) is 16.7 Å². The summed E-state index contributed by atoms with van der Waals surface area (Å²) in [5, 5.41) is 0. The smallest absolute Gasteiger partial charge is 0.240 e. The van der Waals surface area contributed by atoms with Crippen molar-refractivity contribution < 1.29 is 22.6 Å². The molecule has 0 aromatic heterocycles. The molecule has 6 nitrogen and oxygen atoms in total. The second kappa shape index (κ2) is 8.42. The Morgan fingerprint density at radius 2 is 1.54 bits per heavy atom. The van der Waals surface area contributed by atoms with Gasteiger partial charge in [-0.25, -0.2) is 13.1 Å². The molecule has 0 atom stereocenters. The number of methoxy groups -OCH3 is 3. The van der Waals surface area contributed by atoms with Crippen LogP contribution in [0.3, 0.4) is 0 Å². The molecule has 142 valence electrons. The molecule has 2 aromatic carbocycles. The molecule has 0 saturated carbocycles. The van der Waals surface area contributed by atoms with Gasteiger partial charge in [-0.1, -0.05) is 17.7 Å². The molecule has 2 rings (SSSR count). The molecular weight excluding hydrogens is 354 g/mol. The first-order valence-electron chi connectivity index (χ1n) is 8.18. The average molecular weight is 379 g/mol. The maximum absolute atomic E-state index is 12.5. The van der Waals surface area contributed by atoms with Crippen molar-refractivity contribution in [1.82, 2.24) is 4.72 Å². The Morgan fingerprint density at radius 3 is 2.04 bits per heavy atom. The van der Waals surface area contributed by atoms with E-state index in [2.05, 4.69) is 4.72 Å². The van der Waals surface area contributed by atoms with Crippen molar-refractivity contribution in [1.29, 1.82) is 0 Å². The van der Waals surface area contributed by atoms with Crippen molar-refractivity contribution in [2.45, 2.75) is 25.2 Å². The predicted molar refractivity (Wildman–Crippen MR) is 101 cm³/mol. The maximum Gasteiger partial charge on any atom is 0.240 e. The van der Waals surface area contributed by atoms with Gasteiger partial charge in [-0.05, 0) is 49.6 Å². The van der Waals surface area contributed by atoms with Gasteiger partial charge in [-0.3, -0.25) is 0 Å². The van der Waals surface area contributed by atoms with Crippen LogP contribution in [-0.4, -0.2) is 36.3 Å². The van der Waals surface area contributed by atoms with Gasteiger partial charge in [-0.15, -0.1) is 0 Å². The lowest BCUT2D eigenvalue weighted by Crippen LogP contribution is -2.26. The second-order valence-electron chi connectivity index (χ2n) is 5.95. The lowest BCUT2D eigenvalue weighted by Gasteiger charge is -2.14. The first kappa shape index (κ1) is 20.1. The third-order valence-corrected chi connectivity index (χ3v) is 5.67. The quantitative estimate of drug-likeness (QED) is 0.763. The lowest BCUT2D eigenvalue weighted by atomic mass is 10.1. The Morgan fingerprint density at radius 1 is 0.923 bits per heavy atom. The highest BCUT2D eigenvalue weighted by atomic mass is 32.2. The molecule has 0 heterocycles. The van der Waals surface area contributed by atoms with Crippen molar-refractivity contribution in [3.63, 3.8) is 0 Å². The number of rotatable bonds is 8. The molecule has 0 spiro atoms. The number of benzene rings is 2. The molecule has 7 heteroatoms. The Kier molecular flexibility index (Phi) is 6.50. The molecule has 1 N–H and O–H groups in total. The molecule has 0 fully saturated rings. The van der Waals surface area contributed by atoms with Gasteiger partial charge in [0.15, 0.2) is 11.5 Å². The Hall–Kier alpha value is -2.25. The van der Waals surface area contributed by atoms with E-state index in [1.54, 1.807) is 33.3 Å². The van der Waals surface area contributed by atoms with E-state index in [1.165, 1.54) is 7.11 Å². The van der Waals surface area contributed by atoms with Gasteiger partial charge in [0, 0.05) is 6.54 Å². The van der Waals surface area contributed by atoms with Gasteiger partial charge in [-0.2, -0.15) is 0 Å². The molecule has 0 amide bonds. The minimum atomic E-state index is -3.56. The predicted octanol–water partition coefficient (Wildman–Crippen LogP) is 2.85. The molecular formula is C19H25NO5S. The third-order valence-electron chi connectivity index (χ3n) is 4.05. The number of hydrogen-bond acceptors (Lipinski definition) is 5. The molecule has 0 bridgehead atoms. The third kappa shape index (κ3) is 4.47. The highest BCUT2D eigenvalue weighted by Gasteiger charge is 2.17. The van der Waals surface area contributed by atoms with Crippen molar-refractivity contribution in [2.24, 2.45) is 0 Å². The van der Waals surface area contributed by atoms with Crippen LogP contribution in [0.5, 0.6) is 17.2 Å². The van der Waals surface area contributed by atoms with Crippen LogP contribution in [0.2, 0.25) is 0 Å². The van der Waals surface area contributed by atoms with E-state index in [0.717, 1.165) is 16.7 Å². The first-order chi connectivity index (χ1) is 12.3. The summed E-state index contributed by atoms with van der Waals surface area (Å²) >= 11 is 0. The van der Waals surface area contributed by atoms with Crippen LogP contribution in [-0.2, 0) is 16.4 Å². The summed E-state index contributed by atoms with van der Waals surface area (Å²) < 4.78 is 43.6. The summed E-state index contributed by atoms with van der Waals surface area (Å²) in [6.45, 7) is 3.98. The molecule has 26 heavy (non-hydrogen) atoms. The number of ether oxygens (including phenoxy) is 3. The van der Waals surface area contributed by atoms with Gasteiger partial charge < -0.3 is 14.2 Å². The molecule has 0 unspecified atom stereocenters. The van der Waals surface area contributed by atoms with E-state index in [9.17, 15) is 8.42 Å². The van der Waals surface area contributed by atoms with Gasteiger partial charge >= 0.3 is 0 Å². The minimum Gasteiger partial charge on any atom is -0.493 e. The SMILES string of the molecule is COc1cc(CCNS(=O)(=O)c2ccc(C)cc2C)cc(OC)c1OC. The van der Waals surface area contributed by atoms with E-state index in [4.69, 9.17) is 14.2 Å². The monoisotopic (exact) mass is 379 g/mol. The highest BCUT2D eigenvalue weighted by molar-refractivity contribution is 7.89. The standard InChI is InChI=1S/C19H25NO5S/c1-13-6-7-18(14(2)10-13)26(21,22)20-9-8-15-11-16(23-3)19(25-5)17(12-15)24-4/h6-7,10-12,20H,8-9H2,1-5H3. The molecule has 2 aromatic rings. The number of nitrogens with one attached hydrogen (secondary N) is 1. The van der Waals surface area contributed by atoms with Gasteiger partial charge in [0.05, 0.1) is 26.2 Å². The lowest BCUT2D eigenvalue weighted by molar-refractivity contribution is 0.324. The van der Waals surface area contributed by atoms with E-state index >= 15 is 0 Å². The van der Waals surface area contributed by atoms with E-state index in [0.29, 0.717) is 28.6 Å². The summed E-state index contributed by atoms with van der Waals surface area (Å²) in [6, 6.07) is 8.90. The van der Waals surface area contributed by atoms with Gasteiger partial charge in [0.2, 0.25) is 15.8 Å². The number of aryl methyl sites for hydroxylation is 2. The fourth-order valence-electron chi connectivity index (χ4n) is 2.79. The fraction of sp³-hybridized carbons (Fsp3) is 0.368. The summed E-state index contributed by atoms with van der Waals surface area (Å²) in [4.78, 5) is 0.299. The largest absolute Gasteiger partial charge is 0.493 e. The summed E-state index contributed by atoms with van der Waals surface area (Å²) in [5.74, 6) is 1.59. The van der Waals surface area contributed by atoms with Crippen molar-refractivity contribution in [3.8, 4) is 17.2 Å². The average Bonchev–Trinajstić information content (AvgIpc) is 2.60. The first-order valence-corrected chi connectivity index (χ1v) is 9.66. The highest BCUT2D eigenvalue weighted by Crippen LogP contribution is 2.38. The molecule has 0 aliphatic carbocycles. The molecule has 0 aliphatic rings. The summed E-state index contributed by atoms with van der Waals surface area (Å²) in [6.07, 6.45) is 0.487. The minimum absolute atomic E-state index is 0.258. The van der Waals surface area contributed by atoms with Crippen LogP contribution < -0.4 is 18.9 Å². The van der Waals surface area contributed by atoms with Gasteiger partial charge in [0.1, 0.15) is 0 Å². The second-order valence-corrected chi connectivity index (χ2v) is 7.69. The molecule has 0 radical (unpaired) electrons. The fourth-order valence-corrected chi connectivity index (χ4v) is 4.04. The van der Waals surface area contributed by atoms with Crippen LogP contribution in [0.15, 0.2) is 35.2 Å². The van der Waals surface area contributed by atoms with Crippen LogP contribution in [0.4, 0.5) is 0 Å². The van der Waals surface area contributed by atoms with Crippen LogP contribution in [0, 0.1) is 13.8 Å². The Balaban J connectivity index is 2.14. The van der Waals surface area contributed by atoms with Crippen LogP contribution >= 0.6 is 0 Å². The van der Waals surface area contributed by atoms with E-state index < -0.39 is 10.0 Å². The zero-order chi connectivity index (χ0) is 19.3. The maximum atomic E-state index is 12.5.